The molecule has 0 aliphatic heterocycles. The number of rotatable bonds is 0. The van der Waals surface area contributed by atoms with E-state index in [1.165, 1.54) is 0 Å². The Morgan fingerprint density at radius 1 is 0.500 bits per heavy atom. The zero-order valence-corrected chi connectivity index (χ0v) is 8.16. The van der Waals surface area contributed by atoms with Crippen LogP contribution in [0.15, 0.2) is 0 Å². The molecule has 0 aromatic rings. The van der Waals surface area contributed by atoms with Crippen LogP contribution >= 0.6 is 0 Å². The van der Waals surface area contributed by atoms with E-state index in [1.54, 1.807) is 0 Å². The van der Waals surface area contributed by atoms with Gasteiger partial charge in [-0.05, 0) is 0 Å². The van der Waals surface area contributed by atoms with Crippen LogP contribution in [0.1, 0.15) is 0 Å². The molecule has 0 aliphatic rings. The molecular formula is H4O4YZr. The van der Waals surface area contributed by atoms with Gasteiger partial charge in [-0.25, -0.2) is 0 Å². The molecule has 0 fully saturated rings. The van der Waals surface area contributed by atoms with Gasteiger partial charge < -0.3 is 21.9 Å². The van der Waals surface area contributed by atoms with Crippen LogP contribution < -0.4 is 0 Å². The van der Waals surface area contributed by atoms with Crippen molar-refractivity contribution < 1.29 is 80.8 Å². The van der Waals surface area contributed by atoms with Crippen LogP contribution in [0.4, 0.5) is 0 Å². The van der Waals surface area contributed by atoms with Crippen LogP contribution in [-0.4, -0.2) is 21.9 Å². The fraction of sp³-hybridized carbons (Fsp3) is 0. The topological polar surface area (TPSA) is 120 Å². The van der Waals surface area contributed by atoms with E-state index in [2.05, 4.69) is 0 Å². The van der Waals surface area contributed by atoms with E-state index < -0.39 is 0 Å². The van der Waals surface area contributed by atoms with Crippen LogP contribution in [0.3, 0.4) is 0 Å². The van der Waals surface area contributed by atoms with E-state index in [9.17, 15) is 0 Å². The summed E-state index contributed by atoms with van der Waals surface area (Å²) in [6, 6.07) is 0. The van der Waals surface area contributed by atoms with Crippen molar-refractivity contribution in [3.8, 4) is 0 Å². The van der Waals surface area contributed by atoms with Crippen LogP contribution in [0.25, 0.3) is 0 Å². The summed E-state index contributed by atoms with van der Waals surface area (Å²) in [4.78, 5) is 0. The summed E-state index contributed by atoms with van der Waals surface area (Å²) < 4.78 is 0. The molecule has 0 saturated heterocycles. The van der Waals surface area contributed by atoms with Crippen LogP contribution in [0.5, 0.6) is 0 Å². The van der Waals surface area contributed by atoms with Crippen LogP contribution in [0, 0.1) is 0 Å². The van der Waals surface area contributed by atoms with E-state index >= 15 is 0 Å². The predicted octanol–water partition coefficient (Wildman–Crippen LogP) is -0.712. The molecule has 0 atom stereocenters. The fourth-order valence-electron chi connectivity index (χ4n) is 0. The van der Waals surface area contributed by atoms with Crippen molar-refractivity contribution in [3.63, 3.8) is 0 Å². The van der Waals surface area contributed by atoms with Crippen LogP contribution in [0.2, 0.25) is 0 Å². The van der Waals surface area contributed by atoms with Gasteiger partial charge in [0, 0.05) is 32.7 Å². The molecule has 0 heterocycles. The third-order valence-corrected chi connectivity index (χ3v) is 0. The average Bonchev–Trinajstić information content (AvgIpc) is 0. The minimum atomic E-state index is 0. The summed E-state index contributed by atoms with van der Waals surface area (Å²) in [5.41, 5.74) is 0. The van der Waals surface area contributed by atoms with Gasteiger partial charge in [0.25, 0.3) is 0 Å². The molecule has 4 nitrogen and oxygen atoms in total. The fourth-order valence-corrected chi connectivity index (χ4v) is 0. The molecule has 0 amide bonds. The van der Waals surface area contributed by atoms with Gasteiger partial charge in [-0.15, -0.1) is 0 Å². The molecule has 0 rings (SSSR count). The molecule has 1 radical (unpaired) electrons. The monoisotopic (exact) mass is 247 g/mol. The van der Waals surface area contributed by atoms with Crippen molar-refractivity contribution in [2.75, 3.05) is 0 Å². The zero-order chi connectivity index (χ0) is 0. The first-order valence-corrected chi connectivity index (χ1v) is 0. The van der Waals surface area contributed by atoms with E-state index in [-0.39, 0.29) is 80.8 Å². The third-order valence-electron chi connectivity index (χ3n) is 0. The smallest absolute Gasteiger partial charge is 0.870 e. The Labute approximate surface area is 79.9 Å². The average molecular weight is 248 g/mol. The maximum absolute atomic E-state index is 0. The summed E-state index contributed by atoms with van der Waals surface area (Å²) in [5, 5.41) is 0. The Kier molecular flexibility index (Phi) is 1260. The van der Waals surface area contributed by atoms with Gasteiger partial charge in [0.1, 0.15) is 0 Å². The van der Waals surface area contributed by atoms with E-state index in [0.29, 0.717) is 0 Å². The maximum Gasteiger partial charge on any atom is 4.00 e. The molecule has 0 saturated carbocycles. The third kappa shape index (κ3) is 40.7. The molecule has 0 bridgehead atoms. The van der Waals surface area contributed by atoms with E-state index in [0.717, 1.165) is 0 Å². The first kappa shape index (κ1) is 109. The second-order valence-electron chi connectivity index (χ2n) is 0. The first-order valence-electron chi connectivity index (χ1n) is 0. The second kappa shape index (κ2) is 69.4. The van der Waals surface area contributed by atoms with Crippen molar-refractivity contribution in [2.24, 2.45) is 0 Å². The van der Waals surface area contributed by atoms with E-state index in [4.69, 9.17) is 0 Å². The molecule has 0 spiro atoms. The van der Waals surface area contributed by atoms with Gasteiger partial charge in [0.05, 0.1) is 0 Å². The van der Waals surface area contributed by atoms with Gasteiger partial charge in [0.2, 0.25) is 0 Å². The van der Waals surface area contributed by atoms with Crippen molar-refractivity contribution >= 4 is 0 Å². The molecule has 0 aromatic carbocycles. The normalized spacial score (nSPS) is 0. The minimum Gasteiger partial charge on any atom is -0.870 e. The standard InChI is InChI=1S/4H2O.Y.Zr/h4*1H2;;/q;;;;;+4/p-4. The summed E-state index contributed by atoms with van der Waals surface area (Å²) in [6.07, 6.45) is 0. The maximum atomic E-state index is 0. The molecule has 0 aromatic heterocycles. The SMILES string of the molecule is [OH-].[OH-].[OH-].[OH-].[Y].[Zr+4]. The summed E-state index contributed by atoms with van der Waals surface area (Å²) in [5.74, 6) is 0. The Hall–Kier alpha value is 1.83. The van der Waals surface area contributed by atoms with Crippen molar-refractivity contribution in [1.29, 1.82) is 0 Å². The minimum absolute atomic E-state index is 0. The van der Waals surface area contributed by atoms with Gasteiger partial charge in [0.15, 0.2) is 0 Å². The molecular weight excluding hydrogens is 244 g/mol. The molecule has 0 aliphatic carbocycles. The Bertz CT molecular complexity index is 7.51. The van der Waals surface area contributed by atoms with Gasteiger partial charge in [-0.2, -0.15) is 0 Å². The Balaban J connectivity index is 0. The van der Waals surface area contributed by atoms with Crippen molar-refractivity contribution in [1.82, 2.24) is 0 Å². The largest absolute Gasteiger partial charge is 4.00 e. The van der Waals surface area contributed by atoms with Crippen molar-refractivity contribution in [3.05, 3.63) is 0 Å². The Morgan fingerprint density at radius 2 is 0.500 bits per heavy atom. The number of hydrogen-bond donors (Lipinski definition) is 0. The quantitative estimate of drug-likeness (QED) is 0.562. The zero-order valence-electron chi connectivity index (χ0n) is 2.87. The Morgan fingerprint density at radius 3 is 0.500 bits per heavy atom. The molecule has 0 unspecified atom stereocenters. The summed E-state index contributed by atoms with van der Waals surface area (Å²) >= 11 is 0. The number of hydrogen-bond acceptors (Lipinski definition) is 4. The molecule has 6 heteroatoms. The van der Waals surface area contributed by atoms with Crippen molar-refractivity contribution in [2.45, 2.75) is 0 Å². The molecule has 35 valence electrons. The second-order valence-corrected chi connectivity index (χ2v) is 0. The first-order chi connectivity index (χ1) is 0. The van der Waals surface area contributed by atoms with Gasteiger partial charge in [-0.1, -0.05) is 0 Å². The van der Waals surface area contributed by atoms with E-state index in [1.807, 2.05) is 0 Å². The summed E-state index contributed by atoms with van der Waals surface area (Å²) in [7, 11) is 0. The summed E-state index contributed by atoms with van der Waals surface area (Å²) in [6.45, 7) is 0. The van der Waals surface area contributed by atoms with Gasteiger partial charge >= 0.3 is 26.2 Å². The van der Waals surface area contributed by atoms with Crippen LogP contribution in [-0.2, 0) is 58.9 Å². The molecule has 4 N–H and O–H groups in total. The van der Waals surface area contributed by atoms with Gasteiger partial charge in [-0.3, -0.25) is 0 Å². The predicted molar refractivity (Wildman–Crippen MR) is 7.74 cm³/mol. The molecule has 6 heavy (non-hydrogen) atoms.